The van der Waals surface area contributed by atoms with Crippen LogP contribution in [-0.4, -0.2) is 9.36 Å². The van der Waals surface area contributed by atoms with E-state index in [0.717, 1.165) is 25.7 Å². The largest absolute Gasteiger partial charge is 0.398 e. The summed E-state index contributed by atoms with van der Waals surface area (Å²) in [6.07, 6.45) is 3.91. The molecular weight excluding hydrogens is 304 g/mol. The van der Waals surface area contributed by atoms with Crippen LogP contribution in [0.3, 0.4) is 0 Å². The number of benzene rings is 1. The Morgan fingerprint density at radius 2 is 1.62 bits per heavy atom. The van der Waals surface area contributed by atoms with Crippen molar-refractivity contribution in [2.75, 3.05) is 5.73 Å². The molecule has 6 heteroatoms. The third-order valence-corrected chi connectivity index (χ3v) is 4.57. The zero-order valence-electron chi connectivity index (χ0n) is 14.8. The van der Waals surface area contributed by atoms with E-state index in [4.69, 9.17) is 11.5 Å². The highest BCUT2D eigenvalue weighted by Crippen LogP contribution is 2.28. The molecule has 0 saturated carbocycles. The highest BCUT2D eigenvalue weighted by Gasteiger charge is 2.20. The molecule has 0 aliphatic rings. The predicted molar refractivity (Wildman–Crippen MR) is 99.3 cm³/mol. The van der Waals surface area contributed by atoms with Crippen molar-refractivity contribution in [2.24, 2.45) is 5.73 Å². The first-order valence-corrected chi connectivity index (χ1v) is 8.79. The van der Waals surface area contributed by atoms with Gasteiger partial charge in [-0.2, -0.15) is 0 Å². The number of unbranched alkanes of at least 4 members (excludes halogenated alkanes) is 2. The number of nitrogens with two attached hydrogens (primary N) is 2. The molecule has 0 bridgehead atoms. The summed E-state index contributed by atoms with van der Waals surface area (Å²) in [6, 6.07) is 2.99. The normalized spacial score (nSPS) is 12.7. The number of rotatable bonds is 7. The molecule has 2 aromatic rings. The lowest BCUT2D eigenvalue weighted by Crippen LogP contribution is -2.39. The zero-order valence-corrected chi connectivity index (χ0v) is 14.8. The van der Waals surface area contributed by atoms with Crippen LogP contribution in [0.1, 0.15) is 58.1 Å². The van der Waals surface area contributed by atoms with Crippen molar-refractivity contribution in [2.45, 2.75) is 65.6 Å². The summed E-state index contributed by atoms with van der Waals surface area (Å²) >= 11 is 0. The lowest BCUT2D eigenvalue weighted by Gasteiger charge is -2.19. The molecule has 0 aliphatic carbocycles. The molecule has 1 unspecified atom stereocenters. The highest BCUT2D eigenvalue weighted by atomic mass is 16.2. The van der Waals surface area contributed by atoms with E-state index < -0.39 is 0 Å². The van der Waals surface area contributed by atoms with Gasteiger partial charge in [-0.05, 0) is 32.4 Å². The van der Waals surface area contributed by atoms with Crippen molar-refractivity contribution in [3.05, 3.63) is 38.4 Å². The number of anilines is 1. The average molecular weight is 332 g/mol. The molecule has 0 radical (unpaired) electrons. The van der Waals surface area contributed by atoms with E-state index in [1.165, 1.54) is 9.36 Å². The summed E-state index contributed by atoms with van der Waals surface area (Å²) in [5.74, 6) is 0. The van der Waals surface area contributed by atoms with Crippen LogP contribution >= 0.6 is 0 Å². The van der Waals surface area contributed by atoms with Crippen LogP contribution in [-0.2, 0) is 13.1 Å². The number of fused-ring (bicyclic) bond motifs is 1. The first kappa shape index (κ1) is 18.3. The molecule has 1 atom stereocenters. The molecule has 1 aromatic heterocycles. The van der Waals surface area contributed by atoms with Crippen molar-refractivity contribution in [1.29, 1.82) is 0 Å². The number of hydrogen-bond donors (Lipinski definition) is 2. The first-order valence-electron chi connectivity index (χ1n) is 8.79. The smallest absolute Gasteiger partial charge is 0.273 e. The first-order chi connectivity index (χ1) is 11.5. The maximum Gasteiger partial charge on any atom is 0.273 e. The highest BCUT2D eigenvalue weighted by molar-refractivity contribution is 5.88. The quantitative estimate of drug-likeness (QED) is 0.601. The fourth-order valence-electron chi connectivity index (χ4n) is 3.32. The standard InChI is InChI=1S/C18H28N4O2/c1-4-7-8-9-13(19)16-14(20)11-10-12-15(16)18(24)22(6-3)21(5-2)17(12)23/h10-11,13H,4-9,19-20H2,1-3H3. The van der Waals surface area contributed by atoms with E-state index in [9.17, 15) is 9.59 Å². The Morgan fingerprint density at radius 3 is 2.21 bits per heavy atom. The molecule has 0 spiro atoms. The Labute approximate surface area is 142 Å². The summed E-state index contributed by atoms with van der Waals surface area (Å²) in [4.78, 5) is 25.8. The molecule has 0 amide bonds. The van der Waals surface area contributed by atoms with E-state index in [0.29, 0.717) is 35.1 Å². The van der Waals surface area contributed by atoms with Crippen molar-refractivity contribution in [3.63, 3.8) is 0 Å². The minimum absolute atomic E-state index is 0.170. The Hall–Kier alpha value is -2.08. The summed E-state index contributed by atoms with van der Waals surface area (Å²) in [5.41, 5.74) is 13.2. The molecule has 0 saturated heterocycles. The van der Waals surface area contributed by atoms with Gasteiger partial charge >= 0.3 is 0 Å². The third kappa shape index (κ3) is 3.11. The second kappa shape index (κ2) is 7.66. The van der Waals surface area contributed by atoms with Crippen molar-refractivity contribution < 1.29 is 0 Å². The summed E-state index contributed by atoms with van der Waals surface area (Å²) < 4.78 is 2.96. The molecule has 0 fully saturated rings. The van der Waals surface area contributed by atoms with E-state index in [-0.39, 0.29) is 17.2 Å². The minimum atomic E-state index is -0.338. The van der Waals surface area contributed by atoms with Crippen molar-refractivity contribution in [1.82, 2.24) is 9.36 Å². The zero-order chi connectivity index (χ0) is 17.9. The maximum absolute atomic E-state index is 13.0. The fourth-order valence-corrected chi connectivity index (χ4v) is 3.32. The van der Waals surface area contributed by atoms with Gasteiger partial charge in [-0.25, -0.2) is 9.36 Å². The topological polar surface area (TPSA) is 96.0 Å². The van der Waals surface area contributed by atoms with E-state index in [1.807, 2.05) is 13.8 Å². The third-order valence-electron chi connectivity index (χ3n) is 4.57. The maximum atomic E-state index is 13.0. The van der Waals surface area contributed by atoms with Crippen molar-refractivity contribution in [3.8, 4) is 0 Å². The van der Waals surface area contributed by atoms with Gasteiger partial charge in [0.25, 0.3) is 11.1 Å². The van der Waals surface area contributed by atoms with Crippen LogP contribution in [0.5, 0.6) is 0 Å². The van der Waals surface area contributed by atoms with Crippen molar-refractivity contribution >= 4 is 16.5 Å². The van der Waals surface area contributed by atoms with Gasteiger partial charge in [0.15, 0.2) is 0 Å². The Bertz CT molecular complexity index is 835. The van der Waals surface area contributed by atoms with Gasteiger partial charge in [0, 0.05) is 30.4 Å². The second-order valence-electron chi connectivity index (χ2n) is 6.14. The number of nitrogens with zero attached hydrogens (tertiary/aromatic N) is 2. The van der Waals surface area contributed by atoms with Gasteiger partial charge in [0.1, 0.15) is 0 Å². The summed E-state index contributed by atoms with van der Waals surface area (Å²) in [5, 5.41) is 0.789. The molecule has 2 rings (SSSR count). The lowest BCUT2D eigenvalue weighted by atomic mass is 9.95. The molecule has 0 aliphatic heterocycles. The van der Waals surface area contributed by atoms with Gasteiger partial charge < -0.3 is 11.5 Å². The van der Waals surface area contributed by atoms with Gasteiger partial charge in [-0.1, -0.05) is 26.2 Å². The molecular formula is C18H28N4O2. The molecule has 132 valence electrons. The van der Waals surface area contributed by atoms with Crippen LogP contribution < -0.4 is 22.6 Å². The predicted octanol–water partition coefficient (Wildman–Crippen LogP) is 2.37. The summed E-state index contributed by atoms with van der Waals surface area (Å²) in [6.45, 7) is 6.71. The van der Waals surface area contributed by atoms with Crippen LogP contribution in [0, 0.1) is 0 Å². The number of nitrogen functional groups attached to an aromatic ring is 1. The van der Waals surface area contributed by atoms with Gasteiger partial charge in [-0.15, -0.1) is 0 Å². The minimum Gasteiger partial charge on any atom is -0.398 e. The van der Waals surface area contributed by atoms with Crippen LogP contribution in [0.2, 0.25) is 0 Å². The van der Waals surface area contributed by atoms with Crippen LogP contribution in [0.25, 0.3) is 10.8 Å². The van der Waals surface area contributed by atoms with Gasteiger partial charge in [0.2, 0.25) is 0 Å². The molecule has 24 heavy (non-hydrogen) atoms. The number of hydrogen-bond acceptors (Lipinski definition) is 4. The molecule has 6 nitrogen and oxygen atoms in total. The van der Waals surface area contributed by atoms with E-state index >= 15 is 0 Å². The average Bonchev–Trinajstić information content (AvgIpc) is 2.57. The monoisotopic (exact) mass is 332 g/mol. The molecule has 4 N–H and O–H groups in total. The van der Waals surface area contributed by atoms with E-state index in [1.54, 1.807) is 12.1 Å². The second-order valence-corrected chi connectivity index (χ2v) is 6.14. The fraction of sp³-hybridized carbons (Fsp3) is 0.556. The Morgan fingerprint density at radius 1 is 1.00 bits per heavy atom. The SMILES string of the molecule is CCCCCC(N)c1c(N)ccc2c(=O)n(CC)n(CC)c(=O)c12. The molecule has 1 heterocycles. The molecule has 1 aromatic carbocycles. The van der Waals surface area contributed by atoms with Crippen LogP contribution in [0.15, 0.2) is 21.7 Å². The van der Waals surface area contributed by atoms with E-state index in [2.05, 4.69) is 6.92 Å². The van der Waals surface area contributed by atoms with Gasteiger partial charge in [0.05, 0.1) is 10.8 Å². The Kier molecular flexibility index (Phi) is 5.83. The number of aromatic nitrogens is 2. The lowest BCUT2D eigenvalue weighted by molar-refractivity contribution is 0.448. The summed E-state index contributed by atoms with van der Waals surface area (Å²) in [7, 11) is 0. The Balaban J connectivity index is 2.76. The van der Waals surface area contributed by atoms with Gasteiger partial charge in [-0.3, -0.25) is 9.59 Å². The van der Waals surface area contributed by atoms with Crippen LogP contribution in [0.4, 0.5) is 5.69 Å².